The van der Waals surface area contributed by atoms with Crippen molar-refractivity contribution in [3.8, 4) is 11.5 Å². The van der Waals surface area contributed by atoms with Crippen molar-refractivity contribution in [1.29, 1.82) is 0 Å². The molecular weight excluding hydrogens is 537 g/mol. The number of fused-ring (bicyclic) bond motifs is 2. The molecule has 0 N–H and O–H groups in total. The number of nitrogens with zero attached hydrogens (tertiary/aromatic N) is 3. The van der Waals surface area contributed by atoms with Gasteiger partial charge in [-0.2, -0.15) is 0 Å². The number of aromatic nitrogens is 1. The number of amides is 1. The summed E-state index contributed by atoms with van der Waals surface area (Å²) in [6, 6.07) is 11.0. The molecule has 0 spiro atoms. The zero-order valence-corrected chi connectivity index (χ0v) is 23.1. The molecular formula is C26H29Cl2N3O5S. The van der Waals surface area contributed by atoms with Gasteiger partial charge in [0.2, 0.25) is 0 Å². The highest BCUT2D eigenvalue weighted by Crippen LogP contribution is 2.39. The van der Waals surface area contributed by atoms with Crippen molar-refractivity contribution < 1.29 is 23.4 Å². The Bertz CT molecular complexity index is 1370. The third kappa shape index (κ3) is 5.81. The minimum absolute atomic E-state index is 0. The van der Waals surface area contributed by atoms with Crippen molar-refractivity contribution in [2.24, 2.45) is 0 Å². The molecule has 1 aliphatic heterocycles. The number of hydrogen-bond acceptors (Lipinski definition) is 8. The Morgan fingerprint density at radius 1 is 1.22 bits per heavy atom. The van der Waals surface area contributed by atoms with Crippen molar-refractivity contribution in [2.45, 2.75) is 13.3 Å². The van der Waals surface area contributed by atoms with Gasteiger partial charge in [-0.3, -0.25) is 14.6 Å². The normalized spacial score (nSPS) is 14.0. The van der Waals surface area contributed by atoms with Gasteiger partial charge in [0, 0.05) is 31.6 Å². The first-order valence-electron chi connectivity index (χ1n) is 12.0. The molecule has 2 aromatic carbocycles. The predicted molar refractivity (Wildman–Crippen MR) is 149 cm³/mol. The van der Waals surface area contributed by atoms with Gasteiger partial charge in [0.15, 0.2) is 22.2 Å². The molecule has 37 heavy (non-hydrogen) atoms. The highest BCUT2D eigenvalue weighted by Gasteiger charge is 2.26. The Kier molecular flexibility index (Phi) is 9.15. The average Bonchev–Trinajstić information content (AvgIpc) is 3.54. The fourth-order valence-electron chi connectivity index (χ4n) is 4.33. The van der Waals surface area contributed by atoms with Crippen LogP contribution in [0.25, 0.3) is 21.2 Å². The summed E-state index contributed by atoms with van der Waals surface area (Å²) in [6.45, 7) is 7.01. The number of furan rings is 1. The maximum atomic E-state index is 13.8. The summed E-state index contributed by atoms with van der Waals surface area (Å²) in [5.41, 5.74) is 1.20. The summed E-state index contributed by atoms with van der Waals surface area (Å²) in [4.78, 5) is 22.6. The Morgan fingerprint density at radius 3 is 2.78 bits per heavy atom. The summed E-state index contributed by atoms with van der Waals surface area (Å²) < 4.78 is 23.5. The van der Waals surface area contributed by atoms with Gasteiger partial charge in [0.25, 0.3) is 5.91 Å². The number of thiazole rings is 1. The van der Waals surface area contributed by atoms with Crippen LogP contribution in [0.1, 0.15) is 23.9 Å². The van der Waals surface area contributed by atoms with Gasteiger partial charge in [-0.25, -0.2) is 4.98 Å². The highest BCUT2D eigenvalue weighted by molar-refractivity contribution is 7.23. The van der Waals surface area contributed by atoms with Gasteiger partial charge in [-0.15, -0.1) is 12.4 Å². The first-order valence-corrected chi connectivity index (χ1v) is 13.2. The second-order valence-electron chi connectivity index (χ2n) is 8.41. The van der Waals surface area contributed by atoms with Crippen LogP contribution in [-0.4, -0.2) is 68.9 Å². The van der Waals surface area contributed by atoms with E-state index >= 15 is 0 Å². The van der Waals surface area contributed by atoms with Crippen molar-refractivity contribution in [3.05, 3.63) is 47.2 Å². The standard InChI is InChI=1S/C26H28ClN3O5S.ClH/c1-3-34-20-7-4-6-17-16-21(35-23(17)20)25(31)30(11-5-10-29-12-14-33-15-13-29)26-28-22-19(32-2)9-8-18(27)24(22)36-26;/h4,6-9,16H,3,5,10-15H2,1-2H3;1H. The lowest BCUT2D eigenvalue weighted by atomic mass is 10.2. The molecule has 3 heterocycles. The second kappa shape index (κ2) is 12.3. The number of carbonyl (C=O) groups excluding carboxylic acids is 1. The third-order valence-electron chi connectivity index (χ3n) is 6.12. The number of carbonyl (C=O) groups is 1. The number of rotatable bonds is 9. The van der Waals surface area contributed by atoms with E-state index in [9.17, 15) is 4.79 Å². The van der Waals surface area contributed by atoms with E-state index in [-0.39, 0.29) is 24.1 Å². The van der Waals surface area contributed by atoms with E-state index in [0.717, 1.165) is 49.4 Å². The van der Waals surface area contributed by atoms with Crippen LogP contribution in [0.2, 0.25) is 5.02 Å². The van der Waals surface area contributed by atoms with Gasteiger partial charge in [0.05, 0.1) is 36.7 Å². The average molecular weight is 567 g/mol. The van der Waals surface area contributed by atoms with Crippen molar-refractivity contribution >= 4 is 67.6 Å². The molecule has 1 fully saturated rings. The summed E-state index contributed by atoms with van der Waals surface area (Å²) in [7, 11) is 1.59. The maximum Gasteiger partial charge on any atom is 0.295 e. The predicted octanol–water partition coefficient (Wildman–Crippen LogP) is 5.89. The Balaban J connectivity index is 0.00000320. The summed E-state index contributed by atoms with van der Waals surface area (Å²) >= 11 is 7.84. The van der Waals surface area contributed by atoms with Crippen LogP contribution in [0.5, 0.6) is 11.5 Å². The fourth-order valence-corrected chi connectivity index (χ4v) is 5.61. The molecule has 1 aliphatic rings. The Hall–Kier alpha value is -2.56. The largest absolute Gasteiger partial charge is 0.494 e. The molecule has 0 unspecified atom stereocenters. The zero-order valence-electron chi connectivity index (χ0n) is 20.7. The Morgan fingerprint density at radius 2 is 2.03 bits per heavy atom. The van der Waals surface area contributed by atoms with Crippen molar-refractivity contribution in [3.63, 3.8) is 0 Å². The molecule has 2 aromatic heterocycles. The lowest BCUT2D eigenvalue weighted by Gasteiger charge is -2.27. The minimum Gasteiger partial charge on any atom is -0.494 e. The molecule has 0 bridgehead atoms. The van der Waals surface area contributed by atoms with E-state index in [1.165, 1.54) is 11.3 Å². The Labute approximate surface area is 230 Å². The van der Waals surface area contributed by atoms with Gasteiger partial charge < -0.3 is 18.6 Å². The van der Waals surface area contributed by atoms with Gasteiger partial charge in [-0.1, -0.05) is 35.1 Å². The van der Waals surface area contributed by atoms with Gasteiger partial charge in [-0.05, 0) is 37.6 Å². The van der Waals surface area contributed by atoms with Crippen LogP contribution >= 0.6 is 35.3 Å². The van der Waals surface area contributed by atoms with Crippen LogP contribution in [0.3, 0.4) is 0 Å². The zero-order chi connectivity index (χ0) is 25.1. The lowest BCUT2D eigenvalue weighted by molar-refractivity contribution is 0.0376. The topological polar surface area (TPSA) is 77.3 Å². The number of para-hydroxylation sites is 1. The highest BCUT2D eigenvalue weighted by atomic mass is 35.5. The minimum atomic E-state index is -0.259. The number of benzene rings is 2. The van der Waals surface area contributed by atoms with E-state index in [4.69, 9.17) is 35.2 Å². The molecule has 1 saturated heterocycles. The first kappa shape index (κ1) is 27.5. The fraction of sp³-hybridized carbons (Fsp3) is 0.385. The van der Waals surface area contributed by atoms with E-state index in [1.54, 1.807) is 30.2 Å². The van der Waals surface area contributed by atoms with E-state index < -0.39 is 0 Å². The van der Waals surface area contributed by atoms with E-state index in [2.05, 4.69) is 4.90 Å². The number of halogens is 2. The van der Waals surface area contributed by atoms with E-state index in [0.29, 0.717) is 45.9 Å². The second-order valence-corrected chi connectivity index (χ2v) is 9.79. The molecule has 0 aliphatic carbocycles. The smallest absolute Gasteiger partial charge is 0.295 e. The molecule has 1 amide bonds. The number of anilines is 1. The third-order valence-corrected chi connectivity index (χ3v) is 7.66. The van der Waals surface area contributed by atoms with Crippen LogP contribution in [0.4, 0.5) is 5.13 Å². The maximum absolute atomic E-state index is 13.8. The van der Waals surface area contributed by atoms with Crippen LogP contribution in [0.15, 0.2) is 40.8 Å². The molecule has 8 nitrogen and oxygen atoms in total. The molecule has 0 saturated carbocycles. The van der Waals surface area contributed by atoms with Gasteiger partial charge >= 0.3 is 0 Å². The van der Waals surface area contributed by atoms with Crippen LogP contribution in [0, 0.1) is 0 Å². The van der Waals surface area contributed by atoms with Crippen LogP contribution in [-0.2, 0) is 4.74 Å². The van der Waals surface area contributed by atoms with E-state index in [1.807, 2.05) is 25.1 Å². The summed E-state index contributed by atoms with van der Waals surface area (Å²) in [6.07, 6.45) is 0.775. The van der Waals surface area contributed by atoms with Crippen LogP contribution < -0.4 is 14.4 Å². The van der Waals surface area contributed by atoms with Gasteiger partial charge in [0.1, 0.15) is 11.3 Å². The molecule has 5 rings (SSSR count). The SMILES string of the molecule is CCOc1cccc2cc(C(=O)N(CCCN3CCOCC3)c3nc4c(OC)ccc(Cl)c4s3)oc12.Cl. The molecule has 11 heteroatoms. The number of methoxy groups -OCH3 is 1. The van der Waals surface area contributed by atoms with Crippen molar-refractivity contribution in [2.75, 3.05) is 58.0 Å². The van der Waals surface area contributed by atoms with Crippen molar-refractivity contribution in [1.82, 2.24) is 9.88 Å². The number of morpholine rings is 1. The monoisotopic (exact) mass is 565 g/mol. The number of ether oxygens (including phenoxy) is 3. The summed E-state index contributed by atoms with van der Waals surface area (Å²) in [5, 5.41) is 1.93. The molecule has 198 valence electrons. The quantitative estimate of drug-likeness (QED) is 0.250. The first-order chi connectivity index (χ1) is 17.6. The molecule has 0 atom stereocenters. The lowest BCUT2D eigenvalue weighted by Crippen LogP contribution is -2.39. The summed E-state index contributed by atoms with van der Waals surface area (Å²) in [5.74, 6) is 1.21. The molecule has 0 radical (unpaired) electrons. The number of hydrogen-bond donors (Lipinski definition) is 0. The molecule has 4 aromatic rings.